The maximum atomic E-state index is 13.5. The van der Waals surface area contributed by atoms with Gasteiger partial charge >= 0.3 is 0 Å². The molecule has 3 aromatic carbocycles. The summed E-state index contributed by atoms with van der Waals surface area (Å²) in [5, 5.41) is 5.88. The Morgan fingerprint density at radius 1 is 1.00 bits per heavy atom. The number of ether oxygens (including phenoxy) is 1. The van der Waals surface area contributed by atoms with E-state index in [0.29, 0.717) is 28.3 Å². The van der Waals surface area contributed by atoms with Gasteiger partial charge in [0.15, 0.2) is 0 Å². The number of rotatable bonds is 6. The molecule has 0 aliphatic heterocycles. The predicted octanol–water partition coefficient (Wildman–Crippen LogP) is 8.85. The molecular weight excluding hydrogens is 685 g/mol. The van der Waals surface area contributed by atoms with E-state index in [1.807, 2.05) is 48.5 Å². The van der Waals surface area contributed by atoms with Crippen molar-refractivity contribution in [1.29, 1.82) is 0 Å². The summed E-state index contributed by atoms with van der Waals surface area (Å²) in [5.74, 6) is 1.63. The van der Waals surface area contributed by atoms with Gasteiger partial charge in [-0.2, -0.15) is 9.78 Å². The quantitative estimate of drug-likeness (QED) is 0.188. The van der Waals surface area contributed by atoms with E-state index in [-0.39, 0.29) is 11.5 Å². The molecule has 1 aromatic heterocycles. The van der Waals surface area contributed by atoms with E-state index < -0.39 is 0 Å². The van der Waals surface area contributed by atoms with Crippen LogP contribution in [0.3, 0.4) is 0 Å². The lowest BCUT2D eigenvalue weighted by molar-refractivity contribution is 0.302. The Labute approximate surface area is 245 Å². The summed E-state index contributed by atoms with van der Waals surface area (Å²) in [6.45, 7) is 0.403. The summed E-state index contributed by atoms with van der Waals surface area (Å²) in [7, 11) is 0. The van der Waals surface area contributed by atoms with Crippen LogP contribution in [0.15, 0.2) is 77.9 Å². The Bertz CT molecular complexity index is 1510. The summed E-state index contributed by atoms with van der Waals surface area (Å²) >= 11 is 16.7. The molecule has 0 spiro atoms. The van der Waals surface area contributed by atoms with Gasteiger partial charge in [-0.1, -0.05) is 58.9 Å². The third-order valence-electron chi connectivity index (χ3n) is 6.44. The van der Waals surface area contributed by atoms with E-state index in [0.717, 1.165) is 56.1 Å². The summed E-state index contributed by atoms with van der Waals surface area (Å²) in [4.78, 5) is 18.4. The number of hydrogen-bond acceptors (Lipinski definition) is 4. The van der Waals surface area contributed by atoms with E-state index >= 15 is 0 Å². The van der Waals surface area contributed by atoms with Gasteiger partial charge in [-0.05, 0) is 98.3 Å². The maximum absolute atomic E-state index is 13.5. The molecule has 4 aromatic rings. The van der Waals surface area contributed by atoms with Crippen molar-refractivity contribution in [3.05, 3.63) is 100 Å². The van der Waals surface area contributed by atoms with Gasteiger partial charge in [0, 0.05) is 15.4 Å². The lowest BCUT2D eigenvalue weighted by Gasteiger charge is -2.22. The molecule has 1 aliphatic rings. The molecule has 0 radical (unpaired) electrons. The summed E-state index contributed by atoms with van der Waals surface area (Å²) in [6, 6.07) is 17.0. The van der Waals surface area contributed by atoms with E-state index in [2.05, 4.69) is 52.9 Å². The maximum Gasteiger partial charge on any atom is 0.282 e. The molecule has 0 saturated heterocycles. The number of benzene rings is 3. The molecule has 1 heterocycles. The van der Waals surface area contributed by atoms with E-state index in [9.17, 15) is 4.79 Å². The number of aromatic nitrogens is 2. The van der Waals surface area contributed by atoms with Gasteiger partial charge in [-0.15, -0.1) is 0 Å². The molecule has 1 saturated carbocycles. The van der Waals surface area contributed by atoms with Crippen molar-refractivity contribution in [2.75, 3.05) is 0 Å². The molecule has 0 amide bonds. The average molecular weight is 709 g/mol. The molecule has 5 nitrogen and oxygen atoms in total. The van der Waals surface area contributed by atoms with Crippen LogP contribution < -0.4 is 10.3 Å². The molecule has 0 unspecified atom stereocenters. The van der Waals surface area contributed by atoms with Crippen LogP contribution in [0.4, 0.5) is 0 Å². The molecule has 190 valence electrons. The van der Waals surface area contributed by atoms with E-state index in [1.54, 1.807) is 12.3 Å². The zero-order chi connectivity index (χ0) is 25.9. The normalized spacial score (nSPS) is 14.5. The Morgan fingerprint density at radius 2 is 1.70 bits per heavy atom. The second kappa shape index (κ2) is 11.8. The molecule has 0 bridgehead atoms. The fourth-order valence-electron chi connectivity index (χ4n) is 4.56. The first-order valence-corrected chi connectivity index (χ1v) is 14.8. The molecule has 9 heteroatoms. The van der Waals surface area contributed by atoms with Crippen molar-refractivity contribution in [2.24, 2.45) is 5.10 Å². The van der Waals surface area contributed by atoms with Crippen LogP contribution in [0.2, 0.25) is 5.02 Å². The summed E-state index contributed by atoms with van der Waals surface area (Å²) in [5.41, 5.74) is 2.37. The minimum absolute atomic E-state index is 0.163. The largest absolute Gasteiger partial charge is 0.487 e. The van der Waals surface area contributed by atoms with Gasteiger partial charge < -0.3 is 4.74 Å². The molecule has 1 fully saturated rings. The lowest BCUT2D eigenvalue weighted by atomic mass is 9.88. The highest BCUT2D eigenvalue weighted by Crippen LogP contribution is 2.35. The zero-order valence-electron chi connectivity index (χ0n) is 19.8. The van der Waals surface area contributed by atoms with E-state index in [4.69, 9.17) is 21.3 Å². The summed E-state index contributed by atoms with van der Waals surface area (Å²) in [6.07, 6.45) is 7.22. The smallest absolute Gasteiger partial charge is 0.282 e. The van der Waals surface area contributed by atoms with Crippen LogP contribution in [0.1, 0.15) is 55.0 Å². The molecule has 0 N–H and O–H groups in total. The monoisotopic (exact) mass is 705 g/mol. The Hall–Kier alpha value is -2.00. The number of fused-ring (bicyclic) bond motifs is 1. The van der Waals surface area contributed by atoms with Crippen molar-refractivity contribution in [3.63, 3.8) is 0 Å². The fourth-order valence-corrected chi connectivity index (χ4v) is 6.49. The Balaban J connectivity index is 1.47. The molecule has 1 aliphatic carbocycles. The average Bonchev–Trinajstić information content (AvgIpc) is 2.89. The zero-order valence-corrected chi connectivity index (χ0v) is 25.3. The van der Waals surface area contributed by atoms with Crippen LogP contribution >= 0.6 is 59.4 Å². The van der Waals surface area contributed by atoms with Crippen molar-refractivity contribution >= 4 is 76.5 Å². The van der Waals surface area contributed by atoms with Gasteiger partial charge in [-0.25, -0.2) is 4.98 Å². The van der Waals surface area contributed by atoms with Crippen LogP contribution in [-0.2, 0) is 6.61 Å². The SMILES string of the molecule is O=c1c2cc(Br)ccc2nc(C2CCCCC2)n1N=Cc1cc(Br)c(OCc2ccc(Cl)cc2)c(Br)c1. The van der Waals surface area contributed by atoms with Crippen molar-refractivity contribution in [2.45, 2.75) is 44.6 Å². The van der Waals surface area contributed by atoms with Crippen LogP contribution in [0.5, 0.6) is 5.75 Å². The second-order valence-electron chi connectivity index (χ2n) is 9.06. The van der Waals surface area contributed by atoms with Crippen molar-refractivity contribution in [1.82, 2.24) is 9.66 Å². The van der Waals surface area contributed by atoms with Gasteiger partial charge in [0.05, 0.1) is 26.1 Å². The molecule has 5 rings (SSSR count). The molecular formula is C28H23Br3ClN3O2. The Kier molecular flexibility index (Phi) is 8.49. The minimum atomic E-state index is -0.163. The van der Waals surface area contributed by atoms with Crippen LogP contribution in [-0.4, -0.2) is 15.9 Å². The Morgan fingerprint density at radius 3 is 2.41 bits per heavy atom. The van der Waals surface area contributed by atoms with Gasteiger partial charge in [-0.3, -0.25) is 4.79 Å². The first-order chi connectivity index (χ1) is 17.9. The third-order valence-corrected chi connectivity index (χ3v) is 8.37. The van der Waals surface area contributed by atoms with Crippen molar-refractivity contribution in [3.8, 4) is 5.75 Å². The first-order valence-electron chi connectivity index (χ1n) is 12.0. The highest BCUT2D eigenvalue weighted by Gasteiger charge is 2.22. The second-order valence-corrected chi connectivity index (χ2v) is 12.1. The van der Waals surface area contributed by atoms with Crippen LogP contribution in [0, 0.1) is 0 Å². The lowest BCUT2D eigenvalue weighted by Crippen LogP contribution is -2.25. The van der Waals surface area contributed by atoms with Gasteiger partial charge in [0.25, 0.3) is 5.56 Å². The number of nitrogens with zero attached hydrogens (tertiary/aromatic N) is 3. The van der Waals surface area contributed by atoms with Crippen LogP contribution in [0.25, 0.3) is 10.9 Å². The number of halogens is 4. The first kappa shape index (κ1) is 26.6. The topological polar surface area (TPSA) is 56.5 Å². The highest BCUT2D eigenvalue weighted by molar-refractivity contribution is 9.11. The predicted molar refractivity (Wildman–Crippen MR) is 160 cm³/mol. The third kappa shape index (κ3) is 6.19. The molecule has 0 atom stereocenters. The number of hydrogen-bond donors (Lipinski definition) is 0. The molecule has 37 heavy (non-hydrogen) atoms. The fraction of sp³-hybridized carbons (Fsp3) is 0.250. The van der Waals surface area contributed by atoms with Gasteiger partial charge in [0.1, 0.15) is 18.2 Å². The minimum Gasteiger partial charge on any atom is -0.487 e. The highest BCUT2D eigenvalue weighted by atomic mass is 79.9. The van der Waals surface area contributed by atoms with Gasteiger partial charge in [0.2, 0.25) is 0 Å². The van der Waals surface area contributed by atoms with E-state index in [1.165, 1.54) is 11.1 Å². The standard InChI is InChI=1S/C28H23Br3ClN3O2/c29-20-8-11-25-22(14-20)28(36)35(27(34-25)19-4-2-1-3-5-19)33-15-18-12-23(30)26(24(31)13-18)37-16-17-6-9-21(32)10-7-17/h6-15,19H,1-5,16H2. The summed E-state index contributed by atoms with van der Waals surface area (Å²) < 4.78 is 9.91. The van der Waals surface area contributed by atoms with Crippen molar-refractivity contribution < 1.29 is 4.74 Å².